The summed E-state index contributed by atoms with van der Waals surface area (Å²) in [5, 5.41) is 20.9. The zero-order valence-corrected chi connectivity index (χ0v) is 14.4. The van der Waals surface area contributed by atoms with E-state index in [0.29, 0.717) is 11.4 Å². The predicted octanol–water partition coefficient (Wildman–Crippen LogP) is 3.86. The third kappa shape index (κ3) is 4.60. The first-order chi connectivity index (χ1) is 12.3. The van der Waals surface area contributed by atoms with E-state index in [9.17, 15) is 14.4 Å². The number of hydrogen-bond donors (Lipinski definition) is 3. The number of amides is 1. The molecule has 7 heteroatoms. The monoisotopic (exact) mass is 357 g/mol. The molecule has 0 heterocycles. The quantitative estimate of drug-likeness (QED) is 0.693. The van der Waals surface area contributed by atoms with Gasteiger partial charge in [-0.1, -0.05) is 13.8 Å². The maximum Gasteiger partial charge on any atom is 0.336 e. The summed E-state index contributed by atoms with van der Waals surface area (Å²) in [6, 6.07) is 10.3. The molecule has 7 nitrogen and oxygen atoms in total. The van der Waals surface area contributed by atoms with E-state index in [4.69, 9.17) is 14.9 Å². The smallest absolute Gasteiger partial charge is 0.336 e. The number of carbonyl (C=O) groups excluding carboxylic acids is 1. The van der Waals surface area contributed by atoms with E-state index >= 15 is 0 Å². The van der Waals surface area contributed by atoms with E-state index in [-0.39, 0.29) is 28.7 Å². The van der Waals surface area contributed by atoms with Crippen molar-refractivity contribution in [2.24, 2.45) is 5.92 Å². The van der Waals surface area contributed by atoms with E-state index in [2.05, 4.69) is 5.32 Å². The summed E-state index contributed by atoms with van der Waals surface area (Å²) in [7, 11) is 0. The first kappa shape index (κ1) is 19.0. The highest BCUT2D eigenvalue weighted by molar-refractivity contribution is 6.02. The van der Waals surface area contributed by atoms with Crippen LogP contribution in [0.25, 0.3) is 0 Å². The molecule has 2 aromatic rings. The van der Waals surface area contributed by atoms with Crippen molar-refractivity contribution >= 4 is 23.5 Å². The SMILES string of the molecule is CCC(C)C(=O)Nc1ccc(Oc2ccc(C(=O)O)c(C(=O)O)c2)cc1. The number of carbonyl (C=O) groups is 3. The molecule has 0 saturated heterocycles. The van der Waals surface area contributed by atoms with Crippen LogP contribution in [-0.4, -0.2) is 28.1 Å². The maximum absolute atomic E-state index is 11.9. The van der Waals surface area contributed by atoms with Crippen molar-refractivity contribution in [1.29, 1.82) is 0 Å². The number of aromatic carboxylic acids is 2. The molecule has 0 aromatic heterocycles. The Labute approximate surface area is 150 Å². The molecule has 3 N–H and O–H groups in total. The normalized spacial score (nSPS) is 11.5. The van der Waals surface area contributed by atoms with E-state index < -0.39 is 11.9 Å². The van der Waals surface area contributed by atoms with Crippen LogP contribution in [0.5, 0.6) is 11.5 Å². The van der Waals surface area contributed by atoms with Crippen LogP contribution in [0.3, 0.4) is 0 Å². The topological polar surface area (TPSA) is 113 Å². The number of carboxylic acids is 2. The van der Waals surface area contributed by atoms with Gasteiger partial charge < -0.3 is 20.3 Å². The molecule has 0 radical (unpaired) electrons. The fraction of sp³-hybridized carbons (Fsp3) is 0.211. The fourth-order valence-electron chi connectivity index (χ4n) is 2.14. The highest BCUT2D eigenvalue weighted by Crippen LogP contribution is 2.26. The molecule has 2 aromatic carbocycles. The maximum atomic E-state index is 11.9. The lowest BCUT2D eigenvalue weighted by molar-refractivity contribution is -0.119. The molecular weight excluding hydrogens is 338 g/mol. The molecule has 1 unspecified atom stereocenters. The number of ether oxygens (including phenoxy) is 1. The molecule has 0 fully saturated rings. The molecule has 0 spiro atoms. The summed E-state index contributed by atoms with van der Waals surface area (Å²) >= 11 is 0. The van der Waals surface area contributed by atoms with Crippen molar-refractivity contribution in [3.8, 4) is 11.5 Å². The highest BCUT2D eigenvalue weighted by Gasteiger charge is 2.17. The Morgan fingerprint density at radius 1 is 0.962 bits per heavy atom. The van der Waals surface area contributed by atoms with Crippen molar-refractivity contribution < 1.29 is 29.3 Å². The largest absolute Gasteiger partial charge is 0.478 e. The zero-order chi connectivity index (χ0) is 19.3. The first-order valence-electron chi connectivity index (χ1n) is 8.01. The Bertz CT molecular complexity index is 828. The Kier molecular flexibility index (Phi) is 5.95. The third-order valence-corrected chi connectivity index (χ3v) is 3.87. The van der Waals surface area contributed by atoms with Gasteiger partial charge in [-0.05, 0) is 48.9 Å². The highest BCUT2D eigenvalue weighted by atomic mass is 16.5. The van der Waals surface area contributed by atoms with Gasteiger partial charge in [-0.3, -0.25) is 4.79 Å². The van der Waals surface area contributed by atoms with Crippen LogP contribution in [0.4, 0.5) is 5.69 Å². The van der Waals surface area contributed by atoms with Gasteiger partial charge >= 0.3 is 11.9 Å². The molecule has 0 saturated carbocycles. The number of nitrogens with one attached hydrogen (secondary N) is 1. The van der Waals surface area contributed by atoms with Gasteiger partial charge in [0.25, 0.3) is 0 Å². The number of hydrogen-bond acceptors (Lipinski definition) is 4. The minimum atomic E-state index is -1.35. The third-order valence-electron chi connectivity index (χ3n) is 3.87. The summed E-state index contributed by atoms with van der Waals surface area (Å²) in [4.78, 5) is 34.1. The van der Waals surface area contributed by atoms with Gasteiger partial charge in [0.1, 0.15) is 11.5 Å². The minimum absolute atomic E-state index is 0.0727. The van der Waals surface area contributed by atoms with Gasteiger partial charge in [-0.15, -0.1) is 0 Å². The molecule has 0 bridgehead atoms. The van der Waals surface area contributed by atoms with E-state index in [1.165, 1.54) is 12.1 Å². The van der Waals surface area contributed by atoms with Crippen molar-refractivity contribution in [3.05, 3.63) is 53.6 Å². The lowest BCUT2D eigenvalue weighted by Gasteiger charge is -2.11. The van der Waals surface area contributed by atoms with Crippen molar-refractivity contribution in [2.75, 3.05) is 5.32 Å². The molecule has 0 aliphatic heterocycles. The Morgan fingerprint density at radius 2 is 1.54 bits per heavy atom. The molecule has 2 rings (SSSR count). The number of rotatable bonds is 7. The molecule has 136 valence electrons. The summed E-state index contributed by atoms with van der Waals surface area (Å²) in [6.45, 7) is 3.77. The van der Waals surface area contributed by atoms with Crippen LogP contribution >= 0.6 is 0 Å². The van der Waals surface area contributed by atoms with Crippen LogP contribution in [0.15, 0.2) is 42.5 Å². The predicted molar refractivity (Wildman–Crippen MR) is 95.0 cm³/mol. The standard InChI is InChI=1S/C19H19NO6/c1-3-11(2)17(21)20-12-4-6-13(7-5-12)26-14-8-9-15(18(22)23)16(10-14)19(24)25/h4-11H,3H2,1-2H3,(H,20,21)(H,22,23)(H,24,25). The molecule has 0 aliphatic rings. The van der Waals surface area contributed by atoms with Crippen LogP contribution < -0.4 is 10.1 Å². The van der Waals surface area contributed by atoms with Gasteiger partial charge in [-0.25, -0.2) is 9.59 Å². The zero-order valence-electron chi connectivity index (χ0n) is 14.4. The van der Waals surface area contributed by atoms with Crippen LogP contribution in [0.2, 0.25) is 0 Å². The summed E-state index contributed by atoms with van der Waals surface area (Å²) in [6.07, 6.45) is 0.741. The van der Waals surface area contributed by atoms with Gasteiger partial charge in [0.2, 0.25) is 5.91 Å². The number of anilines is 1. The van der Waals surface area contributed by atoms with Gasteiger partial charge in [0.15, 0.2) is 0 Å². The van der Waals surface area contributed by atoms with Crippen LogP contribution in [0.1, 0.15) is 41.0 Å². The molecule has 1 atom stereocenters. The van der Waals surface area contributed by atoms with E-state index in [1.807, 2.05) is 13.8 Å². The van der Waals surface area contributed by atoms with Crippen molar-refractivity contribution in [3.63, 3.8) is 0 Å². The van der Waals surface area contributed by atoms with Crippen molar-refractivity contribution in [1.82, 2.24) is 0 Å². The van der Waals surface area contributed by atoms with Gasteiger partial charge in [0, 0.05) is 11.6 Å². The summed E-state index contributed by atoms with van der Waals surface area (Å²) < 4.78 is 5.56. The summed E-state index contributed by atoms with van der Waals surface area (Å²) in [5.41, 5.74) is -0.0458. The fourth-order valence-corrected chi connectivity index (χ4v) is 2.14. The summed E-state index contributed by atoms with van der Waals surface area (Å²) in [5.74, 6) is -2.22. The molecular formula is C19H19NO6. The second kappa shape index (κ2) is 8.15. The van der Waals surface area contributed by atoms with E-state index in [0.717, 1.165) is 12.5 Å². The van der Waals surface area contributed by atoms with Gasteiger partial charge in [0.05, 0.1) is 11.1 Å². The Hall–Kier alpha value is -3.35. The lowest BCUT2D eigenvalue weighted by atomic mass is 10.1. The lowest BCUT2D eigenvalue weighted by Crippen LogP contribution is -2.19. The van der Waals surface area contributed by atoms with Gasteiger partial charge in [-0.2, -0.15) is 0 Å². The molecule has 1 amide bonds. The van der Waals surface area contributed by atoms with E-state index in [1.54, 1.807) is 24.3 Å². The van der Waals surface area contributed by atoms with Crippen LogP contribution in [0, 0.1) is 5.92 Å². The Morgan fingerprint density at radius 3 is 2.08 bits per heavy atom. The second-order valence-electron chi connectivity index (χ2n) is 5.74. The number of benzene rings is 2. The Balaban J connectivity index is 2.14. The van der Waals surface area contributed by atoms with Crippen LogP contribution in [-0.2, 0) is 4.79 Å². The molecule has 0 aliphatic carbocycles. The average Bonchev–Trinajstić information content (AvgIpc) is 2.62. The average molecular weight is 357 g/mol. The molecule has 26 heavy (non-hydrogen) atoms. The number of carboxylic acid groups (broad SMARTS) is 2. The minimum Gasteiger partial charge on any atom is -0.478 e. The second-order valence-corrected chi connectivity index (χ2v) is 5.74. The van der Waals surface area contributed by atoms with Crippen molar-refractivity contribution in [2.45, 2.75) is 20.3 Å². The first-order valence-corrected chi connectivity index (χ1v) is 8.01.